The fourth-order valence-corrected chi connectivity index (χ4v) is 5.95. The summed E-state index contributed by atoms with van der Waals surface area (Å²) in [5.41, 5.74) is -0.643. The average Bonchev–Trinajstić information content (AvgIpc) is 2.80. The highest BCUT2D eigenvalue weighted by Crippen LogP contribution is 2.60. The van der Waals surface area contributed by atoms with Gasteiger partial charge in [-0.1, -0.05) is 13.8 Å². The second kappa shape index (κ2) is 5.96. The minimum absolute atomic E-state index is 0.120. The number of ketones is 2. The van der Waals surface area contributed by atoms with Gasteiger partial charge in [0.25, 0.3) is 0 Å². The lowest BCUT2D eigenvalue weighted by atomic mass is 9.51. The highest BCUT2D eigenvalue weighted by molar-refractivity contribution is 5.88. The van der Waals surface area contributed by atoms with E-state index in [-0.39, 0.29) is 36.1 Å². The van der Waals surface area contributed by atoms with Crippen molar-refractivity contribution < 1.29 is 19.8 Å². The van der Waals surface area contributed by atoms with Gasteiger partial charge in [0.15, 0.2) is 0 Å². The molecule has 0 spiro atoms. The Labute approximate surface area is 138 Å². The number of carbonyl (C=O) groups is 2. The van der Waals surface area contributed by atoms with Crippen LogP contribution in [0.25, 0.3) is 0 Å². The van der Waals surface area contributed by atoms with Gasteiger partial charge in [0.05, 0.1) is 6.10 Å². The third-order valence-corrected chi connectivity index (χ3v) is 7.48. The first-order valence-electron chi connectivity index (χ1n) is 9.18. The third-order valence-electron chi connectivity index (χ3n) is 7.48. The van der Waals surface area contributed by atoms with Gasteiger partial charge in [-0.15, -0.1) is 0 Å². The van der Waals surface area contributed by atoms with Gasteiger partial charge in [0, 0.05) is 30.3 Å². The van der Waals surface area contributed by atoms with E-state index >= 15 is 0 Å². The van der Waals surface area contributed by atoms with Gasteiger partial charge in [-0.25, -0.2) is 0 Å². The molecule has 3 aliphatic rings. The van der Waals surface area contributed by atoms with E-state index in [2.05, 4.69) is 13.8 Å². The zero-order chi connectivity index (χ0) is 16.8. The van der Waals surface area contributed by atoms with E-state index in [4.69, 9.17) is 0 Å². The predicted molar refractivity (Wildman–Crippen MR) is 86.7 cm³/mol. The van der Waals surface area contributed by atoms with Crippen molar-refractivity contribution in [2.24, 2.45) is 28.6 Å². The quantitative estimate of drug-likeness (QED) is 0.837. The Balaban J connectivity index is 1.90. The Morgan fingerprint density at radius 1 is 1.00 bits per heavy atom. The van der Waals surface area contributed by atoms with Crippen LogP contribution in [-0.4, -0.2) is 34.5 Å². The Morgan fingerprint density at radius 3 is 2.26 bits per heavy atom. The van der Waals surface area contributed by atoms with Crippen molar-refractivity contribution in [2.45, 2.75) is 71.3 Å². The molecule has 4 nitrogen and oxygen atoms in total. The zero-order valence-corrected chi connectivity index (χ0v) is 14.4. The molecule has 0 heterocycles. The van der Waals surface area contributed by atoms with Crippen molar-refractivity contribution in [2.75, 3.05) is 6.61 Å². The van der Waals surface area contributed by atoms with Gasteiger partial charge >= 0.3 is 0 Å². The molecule has 6 atom stereocenters. The first kappa shape index (κ1) is 17.1. The second-order valence-electron chi connectivity index (χ2n) is 8.54. The summed E-state index contributed by atoms with van der Waals surface area (Å²) < 4.78 is 0. The molecule has 0 aromatic carbocycles. The molecule has 3 fully saturated rings. The summed E-state index contributed by atoms with van der Waals surface area (Å²) in [7, 11) is 0. The van der Waals surface area contributed by atoms with Crippen LogP contribution in [0.3, 0.4) is 0 Å². The molecule has 0 radical (unpaired) electrons. The molecular formula is C19H30O4. The van der Waals surface area contributed by atoms with Crippen molar-refractivity contribution in [3.05, 3.63) is 0 Å². The van der Waals surface area contributed by atoms with Crippen molar-refractivity contribution >= 4 is 11.6 Å². The summed E-state index contributed by atoms with van der Waals surface area (Å²) in [6.07, 6.45) is 5.19. The van der Waals surface area contributed by atoms with Gasteiger partial charge in [0.1, 0.15) is 11.6 Å². The van der Waals surface area contributed by atoms with Crippen molar-refractivity contribution in [3.63, 3.8) is 0 Å². The van der Waals surface area contributed by atoms with Crippen molar-refractivity contribution in [1.29, 1.82) is 0 Å². The van der Waals surface area contributed by atoms with E-state index < -0.39 is 11.5 Å². The van der Waals surface area contributed by atoms with E-state index in [1.807, 2.05) is 0 Å². The fourth-order valence-electron chi connectivity index (χ4n) is 5.95. The monoisotopic (exact) mass is 322 g/mol. The zero-order valence-electron chi connectivity index (χ0n) is 14.4. The molecule has 0 aliphatic heterocycles. The average molecular weight is 322 g/mol. The van der Waals surface area contributed by atoms with E-state index in [1.165, 1.54) is 0 Å². The molecule has 1 unspecified atom stereocenters. The normalized spacial score (nSPS) is 47.7. The van der Waals surface area contributed by atoms with Crippen LogP contribution in [0.2, 0.25) is 0 Å². The lowest BCUT2D eigenvalue weighted by Gasteiger charge is -2.52. The molecule has 0 aromatic heterocycles. The minimum atomic E-state index is -0.492. The molecular weight excluding hydrogens is 292 g/mol. The van der Waals surface area contributed by atoms with Crippen LogP contribution in [-0.2, 0) is 9.59 Å². The predicted octanol–water partition coefficient (Wildman–Crippen LogP) is 2.50. The molecule has 0 aromatic rings. The van der Waals surface area contributed by atoms with E-state index in [0.29, 0.717) is 31.0 Å². The summed E-state index contributed by atoms with van der Waals surface area (Å²) in [6.45, 7) is 4.28. The van der Waals surface area contributed by atoms with Crippen molar-refractivity contribution in [1.82, 2.24) is 0 Å². The van der Waals surface area contributed by atoms with Gasteiger partial charge in [-0.2, -0.15) is 0 Å². The number of carbonyl (C=O) groups excluding carboxylic acids is 2. The maximum absolute atomic E-state index is 12.7. The number of aliphatic hydroxyl groups excluding tert-OH is 2. The number of rotatable bonds is 3. The lowest BCUT2D eigenvalue weighted by molar-refractivity contribution is -0.146. The molecule has 3 rings (SSSR count). The second-order valence-corrected chi connectivity index (χ2v) is 8.54. The van der Waals surface area contributed by atoms with Crippen molar-refractivity contribution in [3.8, 4) is 0 Å². The van der Waals surface area contributed by atoms with Crippen LogP contribution in [0, 0.1) is 28.6 Å². The first-order valence-corrected chi connectivity index (χ1v) is 9.18. The van der Waals surface area contributed by atoms with E-state index in [0.717, 1.165) is 25.7 Å². The van der Waals surface area contributed by atoms with Crippen LogP contribution in [0.1, 0.15) is 65.2 Å². The SMILES string of the molecule is C[C@]1(C2CC[C@]3(C)C(=O)CC[C@H]3[C@@H]2CCO)CC[C@H](O)CC1=O. The van der Waals surface area contributed by atoms with Crippen LogP contribution in [0.5, 0.6) is 0 Å². The van der Waals surface area contributed by atoms with E-state index in [1.54, 1.807) is 0 Å². The van der Waals surface area contributed by atoms with Crippen LogP contribution < -0.4 is 0 Å². The summed E-state index contributed by atoms with van der Waals surface area (Å²) >= 11 is 0. The highest BCUT2D eigenvalue weighted by atomic mass is 16.3. The Hall–Kier alpha value is -0.740. The lowest BCUT2D eigenvalue weighted by Crippen LogP contribution is -2.51. The molecule has 0 amide bonds. The molecule has 130 valence electrons. The third kappa shape index (κ3) is 2.58. The maximum Gasteiger partial charge on any atom is 0.141 e. The number of hydrogen-bond donors (Lipinski definition) is 2. The Bertz CT molecular complexity index is 502. The standard InChI is InChI=1S/C19H30O4/c1-18-9-6-15(19(2)8-5-12(21)11-17(19)23)13(7-10-20)14(18)3-4-16(18)22/h12-15,20-21H,3-11H2,1-2H3/t12-,13-,14-,15?,18-,19+/m0/s1. The number of hydrogen-bond acceptors (Lipinski definition) is 4. The topological polar surface area (TPSA) is 74.6 Å². The Morgan fingerprint density at radius 2 is 1.61 bits per heavy atom. The summed E-state index contributed by atoms with van der Waals surface area (Å²) in [6, 6.07) is 0. The number of fused-ring (bicyclic) bond motifs is 1. The van der Waals surface area contributed by atoms with Crippen LogP contribution in [0.4, 0.5) is 0 Å². The minimum Gasteiger partial charge on any atom is -0.396 e. The van der Waals surface area contributed by atoms with Gasteiger partial charge in [0.2, 0.25) is 0 Å². The number of aliphatic hydroxyl groups is 2. The molecule has 23 heavy (non-hydrogen) atoms. The van der Waals surface area contributed by atoms with Gasteiger partial charge in [-0.05, 0) is 56.3 Å². The smallest absolute Gasteiger partial charge is 0.141 e. The Kier molecular flexibility index (Phi) is 4.43. The summed E-state index contributed by atoms with van der Waals surface area (Å²) in [4.78, 5) is 25.1. The van der Waals surface area contributed by atoms with Crippen LogP contribution in [0.15, 0.2) is 0 Å². The van der Waals surface area contributed by atoms with Crippen LogP contribution >= 0.6 is 0 Å². The van der Waals surface area contributed by atoms with Gasteiger partial charge < -0.3 is 10.2 Å². The summed E-state index contributed by atoms with van der Waals surface area (Å²) in [5.74, 6) is 1.34. The molecule has 3 aliphatic carbocycles. The first-order chi connectivity index (χ1) is 10.8. The van der Waals surface area contributed by atoms with Gasteiger partial charge in [-0.3, -0.25) is 9.59 Å². The molecule has 0 bridgehead atoms. The maximum atomic E-state index is 12.7. The highest BCUT2D eigenvalue weighted by Gasteiger charge is 2.58. The fraction of sp³-hybridized carbons (Fsp3) is 0.895. The van der Waals surface area contributed by atoms with E-state index in [9.17, 15) is 19.8 Å². The largest absolute Gasteiger partial charge is 0.396 e. The molecule has 2 N–H and O–H groups in total. The molecule has 0 saturated heterocycles. The molecule has 4 heteroatoms. The molecule has 3 saturated carbocycles. The number of Topliss-reactive ketones (excluding diaryl/α,β-unsaturated/α-hetero) is 2. The summed E-state index contributed by atoms with van der Waals surface area (Å²) in [5, 5.41) is 19.4.